The van der Waals surface area contributed by atoms with E-state index in [1.165, 1.54) is 18.2 Å². The first-order valence-corrected chi connectivity index (χ1v) is 11.4. The van der Waals surface area contributed by atoms with Crippen LogP contribution in [0.15, 0.2) is 48.7 Å². The van der Waals surface area contributed by atoms with Crippen LogP contribution in [0.4, 0.5) is 22.0 Å². The van der Waals surface area contributed by atoms with Gasteiger partial charge in [0, 0.05) is 43.2 Å². The maximum Gasteiger partial charge on any atom is 0.416 e. The van der Waals surface area contributed by atoms with E-state index in [2.05, 4.69) is 9.88 Å². The molecule has 0 aliphatic carbocycles. The molecule has 0 bridgehead atoms. The molecule has 0 saturated carbocycles. The van der Waals surface area contributed by atoms with Crippen molar-refractivity contribution in [3.8, 4) is 0 Å². The van der Waals surface area contributed by atoms with E-state index in [-0.39, 0.29) is 11.7 Å². The maximum absolute atomic E-state index is 13.2. The number of pyridine rings is 1. The van der Waals surface area contributed by atoms with Gasteiger partial charge in [0.2, 0.25) is 0 Å². The molecule has 1 fully saturated rings. The highest BCUT2D eigenvalue weighted by atomic mass is 16.6. The van der Waals surface area contributed by atoms with Gasteiger partial charge in [0.1, 0.15) is 11.4 Å². The number of hydrogen-bond donors (Lipinski definition) is 0. The Bertz CT molecular complexity index is 1080. The molecule has 2 aromatic rings. The SMILES string of the molecule is CCOC(=O)C=Cc1ccc(N(C(=O)OC(C)(C)C)[C@@H]2CCN(c3ccc([N+](=O)[O-])cc3)C2)nc1. The van der Waals surface area contributed by atoms with Gasteiger partial charge in [-0.3, -0.25) is 15.0 Å². The zero-order valence-corrected chi connectivity index (χ0v) is 20.3. The van der Waals surface area contributed by atoms with Crippen molar-refractivity contribution in [1.82, 2.24) is 4.98 Å². The predicted octanol–water partition coefficient (Wildman–Crippen LogP) is 4.59. The third-order valence-corrected chi connectivity index (χ3v) is 5.26. The first-order valence-electron chi connectivity index (χ1n) is 11.4. The molecule has 0 unspecified atom stereocenters. The van der Waals surface area contributed by atoms with Gasteiger partial charge in [-0.1, -0.05) is 0 Å². The third-order valence-electron chi connectivity index (χ3n) is 5.26. The summed E-state index contributed by atoms with van der Waals surface area (Å²) >= 11 is 0. The number of hydrogen-bond acceptors (Lipinski definition) is 8. The lowest BCUT2D eigenvalue weighted by Crippen LogP contribution is -2.45. The summed E-state index contributed by atoms with van der Waals surface area (Å²) in [6, 6.07) is 9.62. The van der Waals surface area contributed by atoms with Crippen LogP contribution in [0.25, 0.3) is 6.08 Å². The number of aromatic nitrogens is 1. The van der Waals surface area contributed by atoms with Crippen LogP contribution in [0, 0.1) is 10.1 Å². The quantitative estimate of drug-likeness (QED) is 0.244. The Labute approximate surface area is 204 Å². The number of amides is 1. The topological polar surface area (TPSA) is 115 Å². The standard InChI is InChI=1S/C25H30N4O6/c1-5-34-23(30)13-7-18-6-12-22(26-16-18)28(24(31)35-25(2,3)4)21-14-15-27(17-21)19-8-10-20(11-9-19)29(32)33/h6-13,16,21H,5,14-15,17H2,1-4H3/t21-/m1/s1. The lowest BCUT2D eigenvalue weighted by atomic mass is 10.2. The van der Waals surface area contributed by atoms with Crippen LogP contribution >= 0.6 is 0 Å². The van der Waals surface area contributed by atoms with Crippen LogP contribution in [-0.4, -0.2) is 53.3 Å². The summed E-state index contributed by atoms with van der Waals surface area (Å²) in [4.78, 5) is 43.3. The summed E-state index contributed by atoms with van der Waals surface area (Å²) in [6.07, 6.45) is 4.66. The van der Waals surface area contributed by atoms with Crippen molar-refractivity contribution in [3.05, 3.63) is 64.3 Å². The molecule has 0 spiro atoms. The van der Waals surface area contributed by atoms with Crippen LogP contribution in [-0.2, 0) is 14.3 Å². The minimum absolute atomic E-state index is 0.0289. The highest BCUT2D eigenvalue weighted by Crippen LogP contribution is 2.28. The van der Waals surface area contributed by atoms with E-state index < -0.39 is 22.6 Å². The summed E-state index contributed by atoms with van der Waals surface area (Å²) < 4.78 is 10.5. The van der Waals surface area contributed by atoms with Crippen molar-refractivity contribution in [1.29, 1.82) is 0 Å². The van der Waals surface area contributed by atoms with Crippen molar-refractivity contribution < 1.29 is 24.0 Å². The Balaban J connectivity index is 1.80. The number of carbonyl (C=O) groups excluding carboxylic acids is 2. The normalized spacial score (nSPS) is 15.8. The third kappa shape index (κ3) is 7.02. The van der Waals surface area contributed by atoms with Gasteiger partial charge in [0.15, 0.2) is 0 Å². The highest BCUT2D eigenvalue weighted by molar-refractivity contribution is 5.88. The number of nitro groups is 1. The fourth-order valence-corrected chi connectivity index (χ4v) is 3.71. The van der Waals surface area contributed by atoms with Crippen LogP contribution in [0.1, 0.15) is 39.7 Å². The second-order valence-electron chi connectivity index (χ2n) is 9.05. The van der Waals surface area contributed by atoms with Crippen molar-refractivity contribution in [2.45, 2.75) is 45.8 Å². The van der Waals surface area contributed by atoms with Crippen molar-refractivity contribution in [2.24, 2.45) is 0 Å². The molecular formula is C25H30N4O6. The molecular weight excluding hydrogens is 452 g/mol. The Morgan fingerprint density at radius 3 is 2.51 bits per heavy atom. The van der Waals surface area contributed by atoms with Gasteiger partial charge in [-0.05, 0) is 70.0 Å². The summed E-state index contributed by atoms with van der Waals surface area (Å²) in [7, 11) is 0. The molecule has 0 N–H and O–H groups in total. The Morgan fingerprint density at radius 2 is 1.94 bits per heavy atom. The molecule has 186 valence electrons. The Kier molecular flexibility index (Phi) is 8.06. The van der Waals surface area contributed by atoms with Gasteiger partial charge in [0.25, 0.3) is 5.69 Å². The minimum Gasteiger partial charge on any atom is -0.463 e. The number of carbonyl (C=O) groups is 2. The molecule has 35 heavy (non-hydrogen) atoms. The van der Waals surface area contributed by atoms with Gasteiger partial charge in [-0.15, -0.1) is 0 Å². The number of nitro benzene ring substituents is 1. The molecule has 1 amide bonds. The zero-order chi connectivity index (χ0) is 25.6. The van der Waals surface area contributed by atoms with E-state index in [4.69, 9.17) is 9.47 Å². The second-order valence-corrected chi connectivity index (χ2v) is 9.05. The average molecular weight is 483 g/mol. The molecule has 1 aliphatic heterocycles. The number of anilines is 2. The van der Waals surface area contributed by atoms with Crippen molar-refractivity contribution in [3.63, 3.8) is 0 Å². The number of esters is 1. The molecule has 1 saturated heterocycles. The van der Waals surface area contributed by atoms with E-state index >= 15 is 0 Å². The van der Waals surface area contributed by atoms with Crippen molar-refractivity contribution >= 4 is 35.3 Å². The number of ether oxygens (including phenoxy) is 2. The van der Waals surface area contributed by atoms with Crippen LogP contribution in [0.3, 0.4) is 0 Å². The Hall–Kier alpha value is -3.95. The number of rotatable bonds is 7. The molecule has 1 atom stereocenters. The molecule has 10 nitrogen and oxygen atoms in total. The first-order chi connectivity index (χ1) is 16.6. The number of benzene rings is 1. The van der Waals surface area contributed by atoms with E-state index in [0.717, 1.165) is 5.69 Å². The zero-order valence-electron chi connectivity index (χ0n) is 20.3. The van der Waals surface area contributed by atoms with Gasteiger partial charge in [-0.25, -0.2) is 14.6 Å². The fourth-order valence-electron chi connectivity index (χ4n) is 3.71. The molecule has 2 heterocycles. The molecule has 1 aromatic heterocycles. The van der Waals surface area contributed by atoms with E-state index in [0.29, 0.717) is 37.5 Å². The van der Waals surface area contributed by atoms with E-state index in [9.17, 15) is 19.7 Å². The first kappa shape index (κ1) is 25.7. The molecule has 0 radical (unpaired) electrons. The van der Waals surface area contributed by atoms with Gasteiger partial charge >= 0.3 is 12.1 Å². The number of non-ortho nitro benzene ring substituents is 1. The molecule has 10 heteroatoms. The van der Waals surface area contributed by atoms with Crippen LogP contribution < -0.4 is 9.80 Å². The van der Waals surface area contributed by atoms with Crippen LogP contribution in [0.5, 0.6) is 0 Å². The molecule has 1 aromatic carbocycles. The summed E-state index contributed by atoms with van der Waals surface area (Å²) in [5.74, 6) is -0.00710. The molecule has 3 rings (SSSR count). The Morgan fingerprint density at radius 1 is 1.23 bits per heavy atom. The van der Waals surface area contributed by atoms with Crippen LogP contribution in [0.2, 0.25) is 0 Å². The lowest BCUT2D eigenvalue weighted by Gasteiger charge is -2.31. The second kappa shape index (κ2) is 11.0. The van der Waals surface area contributed by atoms with Gasteiger partial charge < -0.3 is 14.4 Å². The van der Waals surface area contributed by atoms with Gasteiger partial charge in [-0.2, -0.15) is 0 Å². The summed E-state index contributed by atoms with van der Waals surface area (Å²) in [5, 5.41) is 10.9. The lowest BCUT2D eigenvalue weighted by molar-refractivity contribution is -0.384. The average Bonchev–Trinajstić information content (AvgIpc) is 3.27. The number of nitrogens with zero attached hydrogens (tertiary/aromatic N) is 4. The molecule has 1 aliphatic rings. The smallest absolute Gasteiger partial charge is 0.416 e. The fraction of sp³-hybridized carbons (Fsp3) is 0.400. The van der Waals surface area contributed by atoms with Crippen molar-refractivity contribution in [2.75, 3.05) is 29.5 Å². The maximum atomic E-state index is 13.2. The monoisotopic (exact) mass is 482 g/mol. The summed E-state index contributed by atoms with van der Waals surface area (Å²) in [6.45, 7) is 8.63. The minimum atomic E-state index is -0.686. The summed E-state index contributed by atoms with van der Waals surface area (Å²) in [5.41, 5.74) is 0.870. The largest absolute Gasteiger partial charge is 0.463 e. The van der Waals surface area contributed by atoms with E-state index in [1.54, 1.807) is 69.1 Å². The predicted molar refractivity (Wildman–Crippen MR) is 132 cm³/mol. The highest BCUT2D eigenvalue weighted by Gasteiger charge is 2.35. The van der Waals surface area contributed by atoms with E-state index in [1.807, 2.05) is 0 Å². The van der Waals surface area contributed by atoms with Gasteiger partial charge in [0.05, 0.1) is 17.6 Å².